The van der Waals surface area contributed by atoms with Crippen LogP contribution in [-0.4, -0.2) is 45.3 Å². The van der Waals surface area contributed by atoms with Gasteiger partial charge in [-0.1, -0.05) is 38.1 Å². The van der Waals surface area contributed by atoms with Crippen LogP contribution in [0.1, 0.15) is 70.3 Å². The highest BCUT2D eigenvalue weighted by Crippen LogP contribution is 2.35. The number of hydrogen-bond acceptors (Lipinski definition) is 5. The molecule has 0 aliphatic carbocycles. The van der Waals surface area contributed by atoms with Crippen LogP contribution in [0.3, 0.4) is 0 Å². The number of nitriles is 1. The lowest BCUT2D eigenvalue weighted by Gasteiger charge is -2.33. The molecule has 7 nitrogen and oxygen atoms in total. The Balaban J connectivity index is 1.49. The van der Waals surface area contributed by atoms with E-state index in [1.54, 1.807) is 4.90 Å². The Kier molecular flexibility index (Phi) is 6.98. The molecule has 1 saturated heterocycles. The number of likely N-dealkylation sites (tertiary alicyclic amines) is 1. The van der Waals surface area contributed by atoms with Gasteiger partial charge < -0.3 is 14.4 Å². The molecule has 0 atom stereocenters. The van der Waals surface area contributed by atoms with E-state index in [0.717, 1.165) is 57.5 Å². The summed E-state index contributed by atoms with van der Waals surface area (Å²) in [6.45, 7) is 13.2. The van der Waals surface area contributed by atoms with E-state index in [1.807, 2.05) is 51.1 Å². The summed E-state index contributed by atoms with van der Waals surface area (Å²) < 4.78 is 14.2. The average Bonchev–Trinajstić information content (AvgIpc) is 3.27. The topological polar surface area (TPSA) is 80.4 Å². The van der Waals surface area contributed by atoms with Crippen LogP contribution >= 0.6 is 0 Å². The molecule has 0 N–H and O–H groups in total. The first kappa shape index (κ1) is 26.6. The fourth-order valence-corrected chi connectivity index (χ4v) is 5.29. The van der Waals surface area contributed by atoms with E-state index in [1.165, 1.54) is 0 Å². The molecule has 2 heterocycles. The zero-order valence-electron chi connectivity index (χ0n) is 23.6. The SMILES string of the molecule is Cc1cc(OC2CCN(C(=O)OC(C)(C)C)CC2)cc2c1nc(C(C)C)n2-c1ccc(C#N)c2ccccc12. The van der Waals surface area contributed by atoms with Crippen LogP contribution in [0.2, 0.25) is 0 Å². The maximum Gasteiger partial charge on any atom is 0.410 e. The first-order valence-corrected chi connectivity index (χ1v) is 13.7. The van der Waals surface area contributed by atoms with Gasteiger partial charge in [-0.05, 0) is 51.5 Å². The van der Waals surface area contributed by atoms with Gasteiger partial charge in [0.2, 0.25) is 0 Å². The number of imidazole rings is 1. The molecule has 202 valence electrons. The Bertz CT molecular complexity index is 1580. The molecule has 1 amide bonds. The minimum absolute atomic E-state index is 0.0113. The third kappa shape index (κ3) is 5.29. The summed E-state index contributed by atoms with van der Waals surface area (Å²) in [6.07, 6.45) is 1.23. The van der Waals surface area contributed by atoms with E-state index < -0.39 is 5.60 Å². The van der Waals surface area contributed by atoms with Gasteiger partial charge in [0.15, 0.2) is 0 Å². The molecule has 5 rings (SSSR count). The summed E-state index contributed by atoms with van der Waals surface area (Å²) in [4.78, 5) is 19.3. The monoisotopic (exact) mass is 524 g/mol. The van der Waals surface area contributed by atoms with E-state index in [2.05, 4.69) is 49.6 Å². The summed E-state index contributed by atoms with van der Waals surface area (Å²) in [6, 6.07) is 18.4. The number of piperidine rings is 1. The zero-order valence-corrected chi connectivity index (χ0v) is 23.6. The number of nitrogens with zero attached hydrogens (tertiary/aromatic N) is 4. The summed E-state index contributed by atoms with van der Waals surface area (Å²) >= 11 is 0. The number of aryl methyl sites for hydroxylation is 1. The number of carbonyl (C=O) groups is 1. The molecule has 1 fully saturated rings. The second-order valence-electron chi connectivity index (χ2n) is 11.6. The number of amides is 1. The van der Waals surface area contributed by atoms with Crippen LogP contribution in [0.25, 0.3) is 27.5 Å². The van der Waals surface area contributed by atoms with Crippen molar-refractivity contribution in [2.75, 3.05) is 13.1 Å². The molecule has 1 aliphatic heterocycles. The summed E-state index contributed by atoms with van der Waals surface area (Å²) in [5, 5.41) is 11.6. The highest BCUT2D eigenvalue weighted by atomic mass is 16.6. The zero-order chi connectivity index (χ0) is 27.9. The number of ether oxygens (including phenoxy) is 2. The minimum Gasteiger partial charge on any atom is -0.490 e. The third-order valence-corrected chi connectivity index (χ3v) is 7.13. The van der Waals surface area contributed by atoms with Crippen molar-refractivity contribution in [3.63, 3.8) is 0 Å². The number of rotatable bonds is 4. The van der Waals surface area contributed by atoms with E-state index in [4.69, 9.17) is 14.5 Å². The Morgan fingerprint density at radius 3 is 2.41 bits per heavy atom. The second-order valence-corrected chi connectivity index (χ2v) is 11.6. The van der Waals surface area contributed by atoms with Crippen molar-refractivity contribution in [2.24, 2.45) is 0 Å². The van der Waals surface area contributed by atoms with Crippen LogP contribution in [0, 0.1) is 18.3 Å². The fraction of sp³-hybridized carbons (Fsp3) is 0.406. The first-order valence-electron chi connectivity index (χ1n) is 13.7. The van der Waals surface area contributed by atoms with Crippen molar-refractivity contribution in [3.05, 3.63) is 65.5 Å². The molecule has 3 aromatic carbocycles. The molecule has 39 heavy (non-hydrogen) atoms. The average molecular weight is 525 g/mol. The Labute approximate surface area is 229 Å². The Morgan fingerprint density at radius 2 is 1.77 bits per heavy atom. The van der Waals surface area contributed by atoms with Gasteiger partial charge in [0, 0.05) is 48.7 Å². The molecule has 1 aliphatic rings. The maximum atomic E-state index is 12.5. The highest BCUT2D eigenvalue weighted by molar-refractivity contribution is 5.96. The molecule has 0 unspecified atom stereocenters. The molecular weight excluding hydrogens is 488 g/mol. The maximum absolute atomic E-state index is 12.5. The van der Waals surface area contributed by atoms with E-state index >= 15 is 0 Å². The number of fused-ring (bicyclic) bond motifs is 2. The Hall–Kier alpha value is -4.05. The van der Waals surface area contributed by atoms with Crippen molar-refractivity contribution in [3.8, 4) is 17.5 Å². The predicted molar refractivity (Wildman–Crippen MR) is 154 cm³/mol. The molecule has 4 aromatic rings. The first-order chi connectivity index (χ1) is 18.6. The van der Waals surface area contributed by atoms with E-state index in [9.17, 15) is 10.1 Å². The van der Waals surface area contributed by atoms with Crippen molar-refractivity contribution in [1.82, 2.24) is 14.5 Å². The number of hydrogen-bond donors (Lipinski definition) is 0. The van der Waals surface area contributed by atoms with Crippen molar-refractivity contribution in [1.29, 1.82) is 5.26 Å². The van der Waals surface area contributed by atoms with Gasteiger partial charge in [-0.15, -0.1) is 0 Å². The quantitative estimate of drug-likeness (QED) is 0.281. The predicted octanol–water partition coefficient (Wildman–Crippen LogP) is 7.26. The Morgan fingerprint density at radius 1 is 1.08 bits per heavy atom. The van der Waals surface area contributed by atoms with Crippen molar-refractivity contribution < 1.29 is 14.3 Å². The minimum atomic E-state index is -0.505. The molecule has 1 aromatic heterocycles. The molecule has 0 spiro atoms. The van der Waals surface area contributed by atoms with Crippen LogP contribution in [0.4, 0.5) is 4.79 Å². The van der Waals surface area contributed by atoms with Gasteiger partial charge in [-0.25, -0.2) is 9.78 Å². The molecule has 0 bridgehead atoms. The number of carbonyl (C=O) groups excluding carboxylic acids is 1. The van der Waals surface area contributed by atoms with Crippen LogP contribution in [-0.2, 0) is 4.74 Å². The van der Waals surface area contributed by atoms with Gasteiger partial charge in [-0.2, -0.15) is 5.26 Å². The third-order valence-electron chi connectivity index (χ3n) is 7.13. The summed E-state index contributed by atoms with van der Waals surface area (Å²) in [5.74, 6) is 1.95. The summed E-state index contributed by atoms with van der Waals surface area (Å²) in [5.41, 5.74) is 4.12. The van der Waals surface area contributed by atoms with Crippen LogP contribution in [0.5, 0.6) is 5.75 Å². The standard InChI is InChI=1S/C32H36N4O3/c1-20(2)30-34-29-21(3)17-24(38-23-13-15-35(16-14-23)31(37)39-32(4,5)6)18-28(29)36(30)27-12-11-22(19-33)25-9-7-8-10-26(25)27/h7-12,17-18,20,23H,13-16H2,1-6H3. The van der Waals surface area contributed by atoms with Gasteiger partial charge in [0.05, 0.1) is 28.4 Å². The number of aromatic nitrogens is 2. The van der Waals surface area contributed by atoms with E-state index in [-0.39, 0.29) is 18.1 Å². The van der Waals surface area contributed by atoms with Gasteiger partial charge >= 0.3 is 6.09 Å². The molecule has 0 saturated carbocycles. The van der Waals surface area contributed by atoms with Crippen LogP contribution < -0.4 is 4.74 Å². The lowest BCUT2D eigenvalue weighted by Crippen LogP contribution is -2.44. The molecule has 7 heteroatoms. The lowest BCUT2D eigenvalue weighted by atomic mass is 10.0. The van der Waals surface area contributed by atoms with Crippen molar-refractivity contribution >= 4 is 27.9 Å². The van der Waals surface area contributed by atoms with Gasteiger partial charge in [0.1, 0.15) is 23.3 Å². The largest absolute Gasteiger partial charge is 0.490 e. The van der Waals surface area contributed by atoms with Crippen molar-refractivity contribution in [2.45, 2.75) is 72.0 Å². The second kappa shape index (κ2) is 10.3. The summed E-state index contributed by atoms with van der Waals surface area (Å²) in [7, 11) is 0. The lowest BCUT2D eigenvalue weighted by molar-refractivity contribution is 0.0127. The number of benzene rings is 3. The fourth-order valence-electron chi connectivity index (χ4n) is 5.29. The van der Waals surface area contributed by atoms with Gasteiger partial charge in [0.25, 0.3) is 0 Å². The van der Waals surface area contributed by atoms with E-state index in [0.29, 0.717) is 18.7 Å². The highest BCUT2D eigenvalue weighted by Gasteiger charge is 2.28. The smallest absolute Gasteiger partial charge is 0.410 e. The van der Waals surface area contributed by atoms with Gasteiger partial charge in [-0.3, -0.25) is 4.57 Å². The normalized spacial score (nSPS) is 14.7. The van der Waals surface area contributed by atoms with Crippen LogP contribution in [0.15, 0.2) is 48.5 Å². The molecule has 0 radical (unpaired) electrons. The molecular formula is C32H36N4O3.